The maximum Gasteiger partial charge on any atom is 0.335 e. The van der Waals surface area contributed by atoms with Crippen molar-refractivity contribution in [2.75, 3.05) is 13.1 Å². The Balaban J connectivity index is 1.72. The largest absolute Gasteiger partial charge is 0.348 e. The number of carbonyl (C=O) groups is 4. The Morgan fingerprint density at radius 2 is 1.74 bits per heavy atom. The molecule has 138 valence electrons. The number of hydrogen-bond acceptors (Lipinski definition) is 4. The lowest BCUT2D eigenvalue weighted by Gasteiger charge is -2.19. The fraction of sp³-hybridized carbons (Fsp3) is 0.200. The number of imide groups is 2. The first-order valence-electron chi connectivity index (χ1n) is 8.49. The molecule has 27 heavy (non-hydrogen) atoms. The van der Waals surface area contributed by atoms with E-state index in [1.54, 1.807) is 0 Å². The topological polar surface area (TPSA) is 86.8 Å². The zero-order valence-corrected chi connectivity index (χ0v) is 14.8. The molecule has 1 N–H and O–H groups in total. The molecule has 1 atom stereocenters. The minimum atomic E-state index is -1.00. The van der Waals surface area contributed by atoms with Crippen LogP contribution in [0.15, 0.2) is 55.1 Å². The fourth-order valence-electron chi connectivity index (χ4n) is 3.12. The summed E-state index contributed by atoms with van der Waals surface area (Å²) in [4.78, 5) is 49.7. The summed E-state index contributed by atoms with van der Waals surface area (Å²) in [7, 11) is 0. The van der Waals surface area contributed by atoms with Gasteiger partial charge in [-0.15, -0.1) is 6.58 Å². The van der Waals surface area contributed by atoms with Crippen molar-refractivity contribution >= 4 is 34.5 Å². The van der Waals surface area contributed by atoms with Crippen LogP contribution in [0.25, 0.3) is 10.8 Å². The second kappa shape index (κ2) is 7.41. The van der Waals surface area contributed by atoms with Crippen LogP contribution in [0.3, 0.4) is 0 Å². The van der Waals surface area contributed by atoms with E-state index in [1.807, 2.05) is 49.4 Å². The summed E-state index contributed by atoms with van der Waals surface area (Å²) in [6.45, 7) is 4.69. The molecule has 0 bridgehead atoms. The first kappa shape index (κ1) is 18.3. The molecule has 0 saturated carbocycles. The Morgan fingerprint density at radius 3 is 2.48 bits per heavy atom. The lowest BCUT2D eigenvalue weighted by Crippen LogP contribution is -2.42. The fourth-order valence-corrected chi connectivity index (χ4v) is 3.12. The summed E-state index contributed by atoms with van der Waals surface area (Å²) in [5.41, 5.74) is 0.921. The van der Waals surface area contributed by atoms with E-state index in [4.69, 9.17) is 0 Å². The molecular weight excluding hydrogens is 346 g/mol. The lowest BCUT2D eigenvalue weighted by molar-refractivity contribution is -0.143. The van der Waals surface area contributed by atoms with Crippen molar-refractivity contribution in [2.45, 2.75) is 13.0 Å². The highest BCUT2D eigenvalue weighted by molar-refractivity contribution is 6.45. The molecule has 1 aliphatic rings. The van der Waals surface area contributed by atoms with Crippen molar-refractivity contribution in [3.05, 3.63) is 60.7 Å². The van der Waals surface area contributed by atoms with Crippen molar-refractivity contribution in [3.8, 4) is 0 Å². The van der Waals surface area contributed by atoms with Crippen LogP contribution < -0.4 is 5.32 Å². The van der Waals surface area contributed by atoms with Crippen LogP contribution in [-0.4, -0.2) is 46.6 Å². The Bertz CT molecular complexity index is 948. The van der Waals surface area contributed by atoms with E-state index in [0.717, 1.165) is 21.2 Å². The van der Waals surface area contributed by atoms with Crippen LogP contribution in [0.4, 0.5) is 4.79 Å². The van der Waals surface area contributed by atoms with Gasteiger partial charge in [0.2, 0.25) is 5.91 Å². The van der Waals surface area contributed by atoms with Gasteiger partial charge in [0.05, 0.1) is 6.04 Å². The molecule has 5 amide bonds. The van der Waals surface area contributed by atoms with Crippen molar-refractivity contribution in [2.24, 2.45) is 0 Å². The van der Waals surface area contributed by atoms with Crippen LogP contribution in [0.2, 0.25) is 0 Å². The van der Waals surface area contributed by atoms with Gasteiger partial charge in [-0.05, 0) is 23.3 Å². The number of nitrogens with zero attached hydrogens (tertiary/aromatic N) is 2. The van der Waals surface area contributed by atoms with Crippen LogP contribution in [0, 0.1) is 0 Å². The molecule has 1 fully saturated rings. The van der Waals surface area contributed by atoms with E-state index in [0.29, 0.717) is 4.90 Å². The molecule has 0 spiro atoms. The quantitative estimate of drug-likeness (QED) is 0.482. The highest BCUT2D eigenvalue weighted by Crippen LogP contribution is 2.24. The molecule has 1 saturated heterocycles. The number of rotatable bonds is 6. The molecule has 3 rings (SSSR count). The normalized spacial score (nSPS) is 15.4. The predicted molar refractivity (Wildman–Crippen MR) is 99.5 cm³/mol. The summed E-state index contributed by atoms with van der Waals surface area (Å²) in [6, 6.07) is 12.5. The number of carbonyl (C=O) groups excluding carboxylic acids is 4. The van der Waals surface area contributed by atoms with Crippen LogP contribution in [-0.2, 0) is 14.4 Å². The van der Waals surface area contributed by atoms with Gasteiger partial charge in [0.1, 0.15) is 6.54 Å². The average molecular weight is 365 g/mol. The summed E-state index contributed by atoms with van der Waals surface area (Å²) in [5, 5.41) is 4.84. The van der Waals surface area contributed by atoms with Gasteiger partial charge in [-0.25, -0.2) is 9.69 Å². The van der Waals surface area contributed by atoms with E-state index in [9.17, 15) is 19.2 Å². The van der Waals surface area contributed by atoms with Gasteiger partial charge in [-0.1, -0.05) is 48.5 Å². The van der Waals surface area contributed by atoms with E-state index in [-0.39, 0.29) is 12.6 Å². The lowest BCUT2D eigenvalue weighted by atomic mass is 10.00. The molecule has 7 heteroatoms. The molecule has 0 aromatic heterocycles. The molecular formula is C20H19N3O4. The van der Waals surface area contributed by atoms with E-state index in [1.165, 1.54) is 6.08 Å². The van der Waals surface area contributed by atoms with Crippen molar-refractivity contribution in [1.82, 2.24) is 15.1 Å². The third-order valence-electron chi connectivity index (χ3n) is 4.42. The number of amides is 5. The molecule has 2 aromatic rings. The first-order valence-corrected chi connectivity index (χ1v) is 8.49. The molecule has 2 aromatic carbocycles. The van der Waals surface area contributed by atoms with Gasteiger partial charge in [-0.3, -0.25) is 19.3 Å². The maximum atomic E-state index is 12.4. The second-order valence-corrected chi connectivity index (χ2v) is 6.24. The van der Waals surface area contributed by atoms with Crippen LogP contribution in [0.5, 0.6) is 0 Å². The second-order valence-electron chi connectivity index (χ2n) is 6.24. The predicted octanol–water partition coefficient (Wildman–Crippen LogP) is 1.99. The monoisotopic (exact) mass is 365 g/mol. The minimum absolute atomic E-state index is 0.0755. The van der Waals surface area contributed by atoms with Crippen LogP contribution >= 0.6 is 0 Å². The van der Waals surface area contributed by atoms with Gasteiger partial charge in [0, 0.05) is 6.54 Å². The third-order valence-corrected chi connectivity index (χ3v) is 4.42. The number of nitrogens with one attached hydrogen (secondary N) is 1. The van der Waals surface area contributed by atoms with Gasteiger partial charge >= 0.3 is 17.8 Å². The first-order chi connectivity index (χ1) is 12.9. The van der Waals surface area contributed by atoms with E-state index in [2.05, 4.69) is 11.9 Å². The Morgan fingerprint density at radius 1 is 1.07 bits per heavy atom. The number of hydrogen-bond donors (Lipinski definition) is 1. The van der Waals surface area contributed by atoms with Crippen molar-refractivity contribution in [1.29, 1.82) is 0 Å². The highest BCUT2D eigenvalue weighted by atomic mass is 16.2. The zero-order chi connectivity index (χ0) is 19.6. The minimum Gasteiger partial charge on any atom is -0.348 e. The van der Waals surface area contributed by atoms with Gasteiger partial charge in [0.25, 0.3) is 0 Å². The van der Waals surface area contributed by atoms with E-state index >= 15 is 0 Å². The smallest absolute Gasteiger partial charge is 0.335 e. The molecule has 0 unspecified atom stereocenters. The van der Waals surface area contributed by atoms with Crippen LogP contribution in [0.1, 0.15) is 18.5 Å². The van der Waals surface area contributed by atoms with Gasteiger partial charge in [0.15, 0.2) is 0 Å². The van der Waals surface area contributed by atoms with E-state index < -0.39 is 30.3 Å². The van der Waals surface area contributed by atoms with Crippen molar-refractivity contribution in [3.63, 3.8) is 0 Å². The summed E-state index contributed by atoms with van der Waals surface area (Å²) in [6.07, 6.45) is 1.34. The Labute approximate surface area is 156 Å². The molecule has 1 aliphatic heterocycles. The summed E-state index contributed by atoms with van der Waals surface area (Å²) < 4.78 is 0. The molecule has 0 aliphatic carbocycles. The molecule has 7 nitrogen and oxygen atoms in total. The Hall–Kier alpha value is -3.48. The van der Waals surface area contributed by atoms with Gasteiger partial charge in [-0.2, -0.15) is 0 Å². The number of urea groups is 1. The third kappa shape index (κ3) is 3.44. The summed E-state index contributed by atoms with van der Waals surface area (Å²) >= 11 is 0. The molecule has 0 radical (unpaired) electrons. The number of fused-ring (bicyclic) bond motifs is 1. The summed E-state index contributed by atoms with van der Waals surface area (Å²) in [5.74, 6) is -2.48. The number of benzene rings is 2. The average Bonchev–Trinajstić information content (AvgIpc) is 2.86. The standard InChI is InChI=1S/C20H19N3O4/c1-3-11-22-18(25)19(26)23(20(22)27)12-17(24)21-13(2)15-10-6-8-14-7-4-5-9-16(14)15/h3-10,13H,1,11-12H2,2H3,(H,21,24)/t13-/m1/s1. The van der Waals surface area contributed by atoms with Crippen molar-refractivity contribution < 1.29 is 19.2 Å². The Kier molecular flexibility index (Phi) is 5.03. The zero-order valence-electron chi connectivity index (χ0n) is 14.8. The maximum absolute atomic E-state index is 12.4. The molecule has 1 heterocycles. The van der Waals surface area contributed by atoms with Gasteiger partial charge < -0.3 is 5.32 Å². The SMILES string of the molecule is C=CCN1C(=O)C(=O)N(CC(=O)N[C@H](C)c2cccc3ccccc23)C1=O. The highest BCUT2D eigenvalue weighted by Gasteiger charge is 2.44.